The third-order valence-electron chi connectivity index (χ3n) is 12.7. The summed E-state index contributed by atoms with van der Waals surface area (Å²) in [5.41, 5.74) is 4.22. The zero-order valence-corrected chi connectivity index (χ0v) is 43.0. The van der Waals surface area contributed by atoms with Crippen LogP contribution in [0.3, 0.4) is 0 Å². The van der Waals surface area contributed by atoms with Crippen molar-refractivity contribution in [2.24, 2.45) is 0 Å². The van der Waals surface area contributed by atoms with Gasteiger partial charge in [0.1, 0.15) is 23.1 Å². The largest absolute Gasteiger partial charge is 0.495 e. The van der Waals surface area contributed by atoms with Crippen LogP contribution in [0.5, 0.6) is 11.5 Å². The van der Waals surface area contributed by atoms with E-state index in [1.807, 2.05) is 9.80 Å². The topological polar surface area (TPSA) is 156 Å². The van der Waals surface area contributed by atoms with Crippen molar-refractivity contribution in [3.63, 3.8) is 0 Å². The molecule has 72 heavy (non-hydrogen) atoms. The summed E-state index contributed by atoms with van der Waals surface area (Å²) in [5.74, 6) is -0.421. The van der Waals surface area contributed by atoms with Crippen LogP contribution in [0, 0.1) is 11.6 Å². The zero-order chi connectivity index (χ0) is 50.9. The van der Waals surface area contributed by atoms with Gasteiger partial charge in [-0.25, -0.2) is 8.78 Å². The molecule has 4 aliphatic rings. The lowest BCUT2D eigenvalue weighted by Gasteiger charge is -2.52. The molecular formula is C52H59Cl3F2N8O7. The summed E-state index contributed by atoms with van der Waals surface area (Å²) in [4.78, 5) is 72.3. The number of amides is 5. The van der Waals surface area contributed by atoms with E-state index in [0.717, 1.165) is 30.8 Å². The molecule has 4 unspecified atom stereocenters. The molecule has 4 bridgehead atoms. The van der Waals surface area contributed by atoms with E-state index in [1.54, 1.807) is 72.5 Å². The number of methoxy groups -OCH3 is 2. The fourth-order valence-electron chi connectivity index (χ4n) is 9.65. The van der Waals surface area contributed by atoms with E-state index in [2.05, 4.69) is 25.8 Å². The number of hydrogen-bond donors (Lipinski definition) is 3. The Morgan fingerprint density at radius 3 is 1.35 bits per heavy atom. The van der Waals surface area contributed by atoms with Crippen LogP contribution in [0.25, 0.3) is 12.2 Å². The van der Waals surface area contributed by atoms with E-state index in [-0.39, 0.29) is 77.7 Å². The Balaban J connectivity index is 0.000000233. The van der Waals surface area contributed by atoms with Gasteiger partial charge in [-0.15, -0.1) is 12.4 Å². The number of carbonyl (C=O) groups excluding carboxylic acids is 5. The number of hydrogen-bond acceptors (Lipinski definition) is 10. The average Bonchev–Trinajstić information content (AvgIpc) is 3.31. The molecule has 4 heterocycles. The van der Waals surface area contributed by atoms with Gasteiger partial charge < -0.3 is 40.1 Å². The maximum absolute atomic E-state index is 13.4. The summed E-state index contributed by atoms with van der Waals surface area (Å²) >= 11 is 12.4. The van der Waals surface area contributed by atoms with Crippen molar-refractivity contribution in [1.29, 1.82) is 0 Å². The Bertz CT molecular complexity index is 2650. The SMILES string of the molecule is COc1cc(/C=C/C(=O)N2C3CN(Cc4ccc(F)cc4)CC2CN(C(C)=O)C3)c(NC(C)=O)cc1Cl.COc1cc(/C=C/C(=O)N2C3CNCC2CN(Cc2ccc(F)cc2)C3)c(NC(C)=O)cc1Cl.Cl. The fourth-order valence-corrected chi connectivity index (χ4v) is 10.1. The lowest BCUT2D eigenvalue weighted by molar-refractivity contribution is -0.149. The highest BCUT2D eigenvalue weighted by Gasteiger charge is 2.43. The molecule has 4 aromatic rings. The number of anilines is 2. The maximum Gasteiger partial charge on any atom is 0.247 e. The molecule has 4 atom stereocenters. The van der Waals surface area contributed by atoms with Crippen LogP contribution in [0.4, 0.5) is 20.2 Å². The number of halogens is 5. The number of nitrogens with one attached hydrogen (secondary N) is 3. The summed E-state index contributed by atoms with van der Waals surface area (Å²) in [6, 6.07) is 19.2. The van der Waals surface area contributed by atoms with Crippen molar-refractivity contribution in [3.05, 3.63) is 129 Å². The number of fused-ring (bicyclic) bond motifs is 4. The van der Waals surface area contributed by atoms with Crippen LogP contribution in [-0.2, 0) is 37.1 Å². The number of rotatable bonds is 12. The molecule has 15 nitrogen and oxygen atoms in total. The Morgan fingerprint density at radius 1 is 0.611 bits per heavy atom. The summed E-state index contributed by atoms with van der Waals surface area (Å²) in [5, 5.41) is 9.60. The first kappa shape index (κ1) is 55.2. The normalized spacial score (nSPS) is 19.8. The molecule has 4 aliphatic heterocycles. The Morgan fingerprint density at radius 2 is 0.986 bits per heavy atom. The molecule has 4 fully saturated rings. The number of piperazine rings is 4. The number of carbonyl (C=O) groups is 5. The average molecular weight is 1050 g/mol. The van der Waals surface area contributed by atoms with Crippen molar-refractivity contribution in [2.75, 3.05) is 77.2 Å². The van der Waals surface area contributed by atoms with E-state index >= 15 is 0 Å². The van der Waals surface area contributed by atoms with Gasteiger partial charge in [0.2, 0.25) is 29.5 Å². The van der Waals surface area contributed by atoms with Gasteiger partial charge in [-0.05, 0) is 71.8 Å². The van der Waals surface area contributed by atoms with E-state index in [4.69, 9.17) is 32.7 Å². The second-order valence-corrected chi connectivity index (χ2v) is 18.8. The quantitative estimate of drug-likeness (QED) is 0.127. The summed E-state index contributed by atoms with van der Waals surface area (Å²) in [6.07, 6.45) is 6.33. The van der Waals surface area contributed by atoms with E-state index in [9.17, 15) is 32.8 Å². The van der Waals surface area contributed by atoms with Gasteiger partial charge in [-0.2, -0.15) is 0 Å². The van der Waals surface area contributed by atoms with Crippen molar-refractivity contribution >= 4 is 88.7 Å². The predicted octanol–water partition coefficient (Wildman–Crippen LogP) is 6.97. The van der Waals surface area contributed by atoms with Crippen molar-refractivity contribution < 1.29 is 42.2 Å². The van der Waals surface area contributed by atoms with Gasteiger partial charge >= 0.3 is 0 Å². The molecular weight excluding hydrogens is 993 g/mol. The number of ether oxygens (including phenoxy) is 2. The molecule has 5 amide bonds. The molecule has 0 radical (unpaired) electrons. The first-order valence-electron chi connectivity index (χ1n) is 23.2. The third-order valence-corrected chi connectivity index (χ3v) is 13.3. The van der Waals surface area contributed by atoms with Gasteiger partial charge in [0.15, 0.2) is 0 Å². The van der Waals surface area contributed by atoms with E-state index in [0.29, 0.717) is 89.9 Å². The molecule has 0 spiro atoms. The molecule has 4 aromatic carbocycles. The second kappa shape index (κ2) is 25.0. The second-order valence-electron chi connectivity index (χ2n) is 18.0. The smallest absolute Gasteiger partial charge is 0.247 e. The Hall–Kier alpha value is -6.08. The molecule has 0 saturated carbocycles. The van der Waals surface area contributed by atoms with Gasteiger partial charge in [-0.3, -0.25) is 33.8 Å². The highest BCUT2D eigenvalue weighted by molar-refractivity contribution is 6.33. The number of nitrogens with zero attached hydrogens (tertiary/aromatic N) is 5. The molecule has 8 rings (SSSR count). The minimum Gasteiger partial charge on any atom is -0.495 e. The monoisotopic (exact) mass is 1050 g/mol. The molecule has 3 N–H and O–H groups in total. The summed E-state index contributed by atoms with van der Waals surface area (Å²) in [6.45, 7) is 10.6. The molecule has 0 aromatic heterocycles. The van der Waals surface area contributed by atoms with Crippen LogP contribution < -0.4 is 25.4 Å². The van der Waals surface area contributed by atoms with Crippen molar-refractivity contribution in [2.45, 2.75) is 58.0 Å². The van der Waals surface area contributed by atoms with Gasteiger partial charge in [0, 0.05) is 121 Å². The van der Waals surface area contributed by atoms with Crippen LogP contribution in [0.2, 0.25) is 10.0 Å². The van der Waals surface area contributed by atoms with Gasteiger partial charge in [-0.1, -0.05) is 47.5 Å². The molecule has 4 saturated heterocycles. The number of benzene rings is 4. The van der Waals surface area contributed by atoms with Crippen LogP contribution >= 0.6 is 35.6 Å². The fraction of sp³-hybridized carbons (Fsp3) is 0.365. The van der Waals surface area contributed by atoms with E-state index < -0.39 is 0 Å². The molecule has 384 valence electrons. The van der Waals surface area contributed by atoms with Crippen LogP contribution in [-0.4, -0.2) is 145 Å². The Kier molecular flexibility index (Phi) is 19.2. The summed E-state index contributed by atoms with van der Waals surface area (Å²) < 4.78 is 37.1. The first-order valence-corrected chi connectivity index (χ1v) is 23.9. The van der Waals surface area contributed by atoms with Crippen molar-refractivity contribution in [1.82, 2.24) is 29.8 Å². The van der Waals surface area contributed by atoms with E-state index in [1.165, 1.54) is 64.5 Å². The van der Waals surface area contributed by atoms with Gasteiger partial charge in [0.25, 0.3) is 0 Å². The van der Waals surface area contributed by atoms with Crippen LogP contribution in [0.15, 0.2) is 84.9 Å². The minimum absolute atomic E-state index is 0. The molecule has 0 aliphatic carbocycles. The standard InChI is InChI=1S/C27H30ClFN4O4.C25H28ClFN4O3.ClH/c1-17(34)30-25-11-24(28)26(37-3)10-20(25)6-9-27(36)33-22-13-31(12-19-4-7-21(29)8-5-19)14-23(33)16-32(15-22)18(2)35;1-16(32)29-23-10-22(26)24(34-2)9-18(23)5-8-25(33)31-20-11-28-12-21(31)15-30(14-20)13-17-3-6-19(27)7-4-17;/h4-11,22-23H,12-16H2,1-3H3,(H,30,34);3-10,20-21,28H,11-15H2,1-2H3,(H,29,32);1H/b9-6+;8-5+;. The highest BCUT2D eigenvalue weighted by atomic mass is 35.5. The van der Waals surface area contributed by atoms with Crippen LogP contribution in [0.1, 0.15) is 43.0 Å². The predicted molar refractivity (Wildman–Crippen MR) is 277 cm³/mol. The lowest BCUT2D eigenvalue weighted by atomic mass is 9.98. The summed E-state index contributed by atoms with van der Waals surface area (Å²) in [7, 11) is 3.00. The first-order chi connectivity index (χ1) is 34.0. The lowest BCUT2D eigenvalue weighted by Crippen LogP contribution is -2.69. The zero-order valence-electron chi connectivity index (χ0n) is 40.6. The minimum atomic E-state index is -0.278. The van der Waals surface area contributed by atoms with Crippen molar-refractivity contribution in [3.8, 4) is 11.5 Å². The molecule has 20 heteroatoms. The van der Waals surface area contributed by atoms with Gasteiger partial charge in [0.05, 0.1) is 48.4 Å². The highest BCUT2D eigenvalue weighted by Crippen LogP contribution is 2.34. The third kappa shape index (κ3) is 14.1. The maximum atomic E-state index is 13.4. The Labute approximate surface area is 434 Å².